The third-order valence-electron chi connectivity index (χ3n) is 12.8. The quantitative estimate of drug-likeness (QED) is 0.178. The summed E-state index contributed by atoms with van der Waals surface area (Å²) in [5.74, 6) is 0. The predicted octanol–water partition coefficient (Wildman–Crippen LogP) is 16.3. The molecule has 0 fully saturated rings. The van der Waals surface area contributed by atoms with E-state index < -0.39 is 0 Å². The molecular weight excluding hydrogens is 763 g/mol. The van der Waals surface area contributed by atoms with Gasteiger partial charge in [-0.05, 0) is 119 Å². The van der Waals surface area contributed by atoms with Crippen LogP contribution in [0.1, 0.15) is 52.7 Å². The smallest absolute Gasteiger partial charge is 0.135 e. The van der Waals surface area contributed by atoms with Gasteiger partial charge in [-0.2, -0.15) is 0 Å². The first-order valence-corrected chi connectivity index (χ1v) is 22.1. The number of nitrogens with zero attached hydrogens (tertiary/aromatic N) is 3. The van der Waals surface area contributed by atoms with Gasteiger partial charge in [0.2, 0.25) is 0 Å². The molecule has 0 spiro atoms. The van der Waals surface area contributed by atoms with Crippen LogP contribution in [-0.4, -0.2) is 9.13 Å². The lowest BCUT2D eigenvalue weighted by atomic mass is 9.85. The second-order valence-electron chi connectivity index (χ2n) is 18.7. The summed E-state index contributed by atoms with van der Waals surface area (Å²) in [4.78, 5) is 4.85. The van der Waals surface area contributed by atoms with E-state index in [0.29, 0.717) is 0 Å². The Labute approximate surface area is 359 Å². The van der Waals surface area contributed by atoms with E-state index in [9.17, 15) is 0 Å². The van der Waals surface area contributed by atoms with E-state index in [2.05, 4.69) is 213 Å². The number of anilines is 3. The van der Waals surface area contributed by atoms with Crippen molar-refractivity contribution in [2.45, 2.75) is 62.2 Å². The standard InChI is InChI=1S/C56H45N3OS/c1-55(2,3)34-19-24-47-42(29-34)43-30-35(56(4,5)6)20-25-48(43)58(47)38-22-27-50-54(33-38)61-53-32-37(57-45-16-10-7-13-39(45)40-14-8-11-17-46(40)57)21-26-49(53)59(50)36-23-28-52-44(31-36)41-15-9-12-18-51(41)60-52/h7-33H,1-6H3. The number of benzene rings is 8. The molecule has 0 amide bonds. The molecule has 5 heteroatoms. The third kappa shape index (κ3) is 5.53. The van der Waals surface area contributed by atoms with E-state index in [1.54, 1.807) is 0 Å². The molecular formula is C56H45N3OS. The minimum Gasteiger partial charge on any atom is -0.456 e. The van der Waals surface area contributed by atoms with Crippen LogP contribution in [0.15, 0.2) is 178 Å². The maximum absolute atomic E-state index is 6.31. The number of hydrogen-bond acceptors (Lipinski definition) is 3. The van der Waals surface area contributed by atoms with Crippen molar-refractivity contribution in [3.63, 3.8) is 0 Å². The SMILES string of the molecule is CC(C)(C)c1ccc2c(c1)c1cc(C(C)(C)C)ccc1n2-c1ccc2c(c1)Sc1cc(-n3c4ccccc4c4ccccc43)ccc1N2c1ccc2oc3ccccc3c2c1. The topological polar surface area (TPSA) is 26.2 Å². The number of hydrogen-bond donors (Lipinski definition) is 0. The minimum absolute atomic E-state index is 0.0351. The molecule has 4 nitrogen and oxygen atoms in total. The number of para-hydroxylation sites is 3. The van der Waals surface area contributed by atoms with Crippen LogP contribution in [0.2, 0.25) is 0 Å². The summed E-state index contributed by atoms with van der Waals surface area (Å²) < 4.78 is 11.2. The maximum atomic E-state index is 6.31. The van der Waals surface area contributed by atoms with Gasteiger partial charge in [0.05, 0.1) is 33.4 Å². The molecule has 8 aromatic carbocycles. The molecule has 0 aliphatic carbocycles. The molecule has 3 aromatic heterocycles. The van der Waals surface area contributed by atoms with Crippen LogP contribution in [0.5, 0.6) is 0 Å². The first-order chi connectivity index (χ1) is 29.5. The molecule has 1 aliphatic rings. The second-order valence-corrected chi connectivity index (χ2v) is 19.8. The first-order valence-electron chi connectivity index (χ1n) is 21.3. The summed E-state index contributed by atoms with van der Waals surface area (Å²) in [6, 6.07) is 60.7. The zero-order chi connectivity index (χ0) is 41.4. The highest BCUT2D eigenvalue weighted by Gasteiger charge is 2.28. The van der Waals surface area contributed by atoms with Crippen LogP contribution in [0.4, 0.5) is 17.1 Å². The molecule has 0 atom stereocenters. The van der Waals surface area contributed by atoms with Crippen LogP contribution in [0, 0.1) is 0 Å². The lowest BCUT2D eigenvalue weighted by Crippen LogP contribution is -2.15. The molecule has 0 unspecified atom stereocenters. The zero-order valence-electron chi connectivity index (χ0n) is 35.2. The minimum atomic E-state index is 0.0351. The molecule has 0 bridgehead atoms. The molecule has 0 saturated heterocycles. The van der Waals surface area contributed by atoms with Gasteiger partial charge in [0.1, 0.15) is 11.2 Å². The molecule has 61 heavy (non-hydrogen) atoms. The Morgan fingerprint density at radius 1 is 0.377 bits per heavy atom. The third-order valence-corrected chi connectivity index (χ3v) is 13.9. The van der Waals surface area contributed by atoms with Gasteiger partial charge in [-0.25, -0.2) is 0 Å². The second kappa shape index (κ2) is 12.9. The predicted molar refractivity (Wildman–Crippen MR) is 259 cm³/mol. The summed E-state index contributed by atoms with van der Waals surface area (Å²) in [7, 11) is 0. The monoisotopic (exact) mass is 807 g/mol. The van der Waals surface area contributed by atoms with Gasteiger partial charge >= 0.3 is 0 Å². The fraction of sp³-hybridized carbons (Fsp3) is 0.143. The van der Waals surface area contributed by atoms with E-state index in [4.69, 9.17) is 4.42 Å². The van der Waals surface area contributed by atoms with Crippen molar-refractivity contribution < 1.29 is 4.42 Å². The van der Waals surface area contributed by atoms with Crippen LogP contribution >= 0.6 is 11.8 Å². The number of aromatic nitrogens is 2. The largest absolute Gasteiger partial charge is 0.456 e. The van der Waals surface area contributed by atoms with E-state index >= 15 is 0 Å². The normalized spacial score (nSPS) is 13.3. The van der Waals surface area contributed by atoms with Crippen LogP contribution in [0.3, 0.4) is 0 Å². The summed E-state index contributed by atoms with van der Waals surface area (Å²) >= 11 is 1.86. The fourth-order valence-electron chi connectivity index (χ4n) is 9.63. The lowest BCUT2D eigenvalue weighted by molar-refractivity contribution is 0.590. The first kappa shape index (κ1) is 36.2. The molecule has 0 radical (unpaired) electrons. The average molecular weight is 808 g/mol. The number of fused-ring (bicyclic) bond motifs is 11. The van der Waals surface area contributed by atoms with Gasteiger partial charge < -0.3 is 18.5 Å². The van der Waals surface area contributed by atoms with Gasteiger partial charge in [-0.1, -0.05) is 120 Å². The van der Waals surface area contributed by atoms with Crippen LogP contribution in [0.25, 0.3) is 76.9 Å². The van der Waals surface area contributed by atoms with Gasteiger partial charge in [-0.15, -0.1) is 0 Å². The number of furan rings is 1. The summed E-state index contributed by atoms with van der Waals surface area (Å²) in [5, 5.41) is 7.35. The Kier molecular flexibility index (Phi) is 7.66. The molecule has 296 valence electrons. The summed E-state index contributed by atoms with van der Waals surface area (Å²) in [6.45, 7) is 13.8. The molecule has 11 aromatic rings. The van der Waals surface area contributed by atoms with Gasteiger partial charge in [-0.3, -0.25) is 0 Å². The van der Waals surface area contributed by atoms with E-state index in [-0.39, 0.29) is 10.8 Å². The molecule has 0 N–H and O–H groups in total. The highest BCUT2D eigenvalue weighted by molar-refractivity contribution is 7.99. The Hall–Kier alpha value is -6.69. The van der Waals surface area contributed by atoms with Crippen molar-refractivity contribution in [1.82, 2.24) is 9.13 Å². The van der Waals surface area contributed by atoms with Crippen molar-refractivity contribution in [2.24, 2.45) is 0 Å². The van der Waals surface area contributed by atoms with Gasteiger partial charge in [0.25, 0.3) is 0 Å². The molecule has 4 heterocycles. The summed E-state index contributed by atoms with van der Waals surface area (Å²) in [5.41, 5.74) is 15.1. The van der Waals surface area contributed by atoms with Crippen molar-refractivity contribution in [3.8, 4) is 11.4 Å². The van der Waals surface area contributed by atoms with E-state index in [1.165, 1.54) is 64.5 Å². The lowest BCUT2D eigenvalue weighted by Gasteiger charge is -2.33. The fourth-order valence-corrected chi connectivity index (χ4v) is 10.8. The van der Waals surface area contributed by atoms with Crippen molar-refractivity contribution in [3.05, 3.63) is 175 Å². The van der Waals surface area contributed by atoms with Gasteiger partial charge in [0.15, 0.2) is 0 Å². The highest BCUT2D eigenvalue weighted by atomic mass is 32.2. The van der Waals surface area contributed by atoms with E-state index in [1.807, 2.05) is 17.8 Å². The van der Waals surface area contributed by atoms with Gasteiger partial charge in [0, 0.05) is 59.2 Å². The molecule has 0 saturated carbocycles. The van der Waals surface area contributed by atoms with E-state index in [0.717, 1.165) is 50.4 Å². The average Bonchev–Trinajstić information content (AvgIpc) is 3.91. The molecule has 12 rings (SSSR count). The van der Waals surface area contributed by atoms with Crippen molar-refractivity contribution in [1.29, 1.82) is 0 Å². The van der Waals surface area contributed by atoms with Crippen molar-refractivity contribution in [2.75, 3.05) is 4.90 Å². The number of rotatable bonds is 3. The Morgan fingerprint density at radius 3 is 1.38 bits per heavy atom. The van der Waals surface area contributed by atoms with Crippen molar-refractivity contribution >= 4 is 94.4 Å². The Balaban J connectivity index is 1.08. The Morgan fingerprint density at radius 2 is 0.836 bits per heavy atom. The molecule has 1 aliphatic heterocycles. The van der Waals surface area contributed by atoms with Crippen LogP contribution in [-0.2, 0) is 10.8 Å². The summed E-state index contributed by atoms with van der Waals surface area (Å²) in [6.07, 6.45) is 0. The van der Waals surface area contributed by atoms with Crippen LogP contribution < -0.4 is 4.90 Å². The highest BCUT2D eigenvalue weighted by Crippen LogP contribution is 2.54. The zero-order valence-corrected chi connectivity index (χ0v) is 36.1. The Bertz CT molecular complexity index is 3480. The maximum Gasteiger partial charge on any atom is 0.135 e.